The highest BCUT2D eigenvalue weighted by Crippen LogP contribution is 2.13. The van der Waals surface area contributed by atoms with Gasteiger partial charge in [-0.3, -0.25) is 0 Å². The summed E-state index contributed by atoms with van der Waals surface area (Å²) in [5.74, 6) is 0. The minimum Gasteiger partial charge on any atom is -0.464 e. The molecule has 1 nitrogen and oxygen atoms in total. The van der Waals surface area contributed by atoms with Crippen LogP contribution in [0.1, 0.15) is 0 Å². The highest BCUT2D eigenvalue weighted by Gasteiger charge is 1.93. The molecule has 0 radical (unpaired) electrons. The first-order valence-corrected chi connectivity index (χ1v) is 3.67. The summed E-state index contributed by atoms with van der Waals surface area (Å²) in [7, 11) is 2.65. The summed E-state index contributed by atoms with van der Waals surface area (Å²) in [6, 6.07) is 8.01. The quantitative estimate of drug-likeness (QED) is 0.523. The smallest absolute Gasteiger partial charge is 0.133 e. The molecule has 0 bridgehead atoms. The molecule has 0 saturated carbocycles. The second-order valence-corrected chi connectivity index (χ2v) is 2.88. The zero-order chi connectivity index (χ0) is 6.97. The van der Waals surface area contributed by atoms with Crippen LogP contribution in [0, 0.1) is 0 Å². The fourth-order valence-corrected chi connectivity index (χ4v) is 1.26. The van der Waals surface area contributed by atoms with Crippen LogP contribution in [0.5, 0.6) is 0 Å². The normalized spacial score (nSPS) is 10.5. The van der Waals surface area contributed by atoms with Gasteiger partial charge in [0.1, 0.15) is 5.58 Å². The molecule has 2 rings (SSSR count). The van der Waals surface area contributed by atoms with Gasteiger partial charge in [0.15, 0.2) is 0 Å². The fraction of sp³-hybridized carbons (Fsp3) is 0. The standard InChI is InChI=1S/C8H7OP/c10-7-1-2-8-6(5-7)3-4-9-8/h1-5H,10H2. The second kappa shape index (κ2) is 2.10. The van der Waals surface area contributed by atoms with E-state index >= 15 is 0 Å². The minimum atomic E-state index is 0.950. The van der Waals surface area contributed by atoms with Crippen molar-refractivity contribution in [3.63, 3.8) is 0 Å². The van der Waals surface area contributed by atoms with Crippen molar-refractivity contribution >= 4 is 25.5 Å². The number of hydrogen-bond acceptors (Lipinski definition) is 1. The molecule has 0 N–H and O–H groups in total. The molecule has 1 aromatic heterocycles. The number of rotatable bonds is 0. The average molecular weight is 150 g/mol. The monoisotopic (exact) mass is 150 g/mol. The van der Waals surface area contributed by atoms with Crippen molar-refractivity contribution in [1.82, 2.24) is 0 Å². The Morgan fingerprint density at radius 3 is 3.00 bits per heavy atom. The van der Waals surface area contributed by atoms with Crippen molar-refractivity contribution < 1.29 is 4.42 Å². The SMILES string of the molecule is Pc1ccc2occc2c1. The van der Waals surface area contributed by atoms with Crippen LogP contribution in [0.25, 0.3) is 11.0 Å². The van der Waals surface area contributed by atoms with Crippen LogP contribution < -0.4 is 5.30 Å². The summed E-state index contributed by atoms with van der Waals surface area (Å²) in [5, 5.41) is 2.35. The number of benzene rings is 1. The predicted octanol–water partition coefficient (Wildman–Crippen LogP) is 1.93. The molecule has 0 aliphatic rings. The number of hydrogen-bond donors (Lipinski definition) is 0. The highest BCUT2D eigenvalue weighted by atomic mass is 31.0. The lowest BCUT2D eigenvalue weighted by atomic mass is 10.3. The molecule has 1 unspecified atom stereocenters. The Morgan fingerprint density at radius 1 is 1.20 bits per heavy atom. The van der Waals surface area contributed by atoms with Crippen molar-refractivity contribution in [2.45, 2.75) is 0 Å². The van der Waals surface area contributed by atoms with Gasteiger partial charge in [0.25, 0.3) is 0 Å². The number of fused-ring (bicyclic) bond motifs is 1. The van der Waals surface area contributed by atoms with E-state index in [0.29, 0.717) is 0 Å². The van der Waals surface area contributed by atoms with Gasteiger partial charge in [0.2, 0.25) is 0 Å². The molecule has 1 heterocycles. The number of furan rings is 1. The van der Waals surface area contributed by atoms with Crippen LogP contribution in [0.3, 0.4) is 0 Å². The third-order valence-corrected chi connectivity index (χ3v) is 1.84. The third-order valence-electron chi connectivity index (χ3n) is 1.48. The van der Waals surface area contributed by atoms with Gasteiger partial charge in [-0.05, 0) is 23.5 Å². The maximum absolute atomic E-state index is 5.16. The fourth-order valence-electron chi connectivity index (χ4n) is 0.985. The van der Waals surface area contributed by atoms with Crippen LogP contribution >= 0.6 is 9.24 Å². The van der Waals surface area contributed by atoms with E-state index in [1.165, 1.54) is 5.30 Å². The Morgan fingerprint density at radius 2 is 2.10 bits per heavy atom. The van der Waals surface area contributed by atoms with Gasteiger partial charge in [-0.1, -0.05) is 6.07 Å². The van der Waals surface area contributed by atoms with Gasteiger partial charge >= 0.3 is 0 Å². The Kier molecular flexibility index (Phi) is 1.25. The molecule has 0 saturated heterocycles. The molecule has 2 aromatic rings. The molecule has 0 aliphatic carbocycles. The molecular formula is C8H7OP. The van der Waals surface area contributed by atoms with Gasteiger partial charge in [0.05, 0.1) is 6.26 Å². The van der Waals surface area contributed by atoms with Crippen LogP contribution in [0.15, 0.2) is 34.9 Å². The van der Waals surface area contributed by atoms with Gasteiger partial charge in [-0.25, -0.2) is 0 Å². The van der Waals surface area contributed by atoms with Crippen LogP contribution in [-0.4, -0.2) is 0 Å². The summed E-state index contributed by atoms with van der Waals surface area (Å²) in [4.78, 5) is 0. The molecule has 0 spiro atoms. The molecule has 10 heavy (non-hydrogen) atoms. The van der Waals surface area contributed by atoms with Crippen molar-refractivity contribution in [2.24, 2.45) is 0 Å². The van der Waals surface area contributed by atoms with E-state index < -0.39 is 0 Å². The highest BCUT2D eigenvalue weighted by molar-refractivity contribution is 7.27. The Balaban J connectivity index is 2.86. The first-order chi connectivity index (χ1) is 4.86. The van der Waals surface area contributed by atoms with Crippen LogP contribution in [-0.2, 0) is 0 Å². The lowest BCUT2D eigenvalue weighted by molar-refractivity contribution is 0.616. The Labute approximate surface area is 61.2 Å². The summed E-state index contributed by atoms with van der Waals surface area (Å²) in [6.07, 6.45) is 1.70. The molecule has 0 aliphatic heterocycles. The van der Waals surface area contributed by atoms with E-state index in [9.17, 15) is 0 Å². The van der Waals surface area contributed by atoms with E-state index in [2.05, 4.69) is 15.3 Å². The molecule has 2 heteroatoms. The van der Waals surface area contributed by atoms with Crippen molar-refractivity contribution in [3.05, 3.63) is 30.5 Å². The Bertz CT molecular complexity index is 351. The summed E-state index contributed by atoms with van der Waals surface area (Å²) in [6.45, 7) is 0. The van der Waals surface area contributed by atoms with E-state index in [-0.39, 0.29) is 0 Å². The first kappa shape index (κ1) is 5.94. The maximum Gasteiger partial charge on any atom is 0.133 e. The summed E-state index contributed by atoms with van der Waals surface area (Å²) >= 11 is 0. The average Bonchev–Trinajstić information content (AvgIpc) is 2.33. The van der Waals surface area contributed by atoms with E-state index in [1.54, 1.807) is 6.26 Å². The maximum atomic E-state index is 5.16. The van der Waals surface area contributed by atoms with Crippen LogP contribution in [0.2, 0.25) is 0 Å². The largest absolute Gasteiger partial charge is 0.464 e. The lowest BCUT2D eigenvalue weighted by Crippen LogP contribution is -1.84. The topological polar surface area (TPSA) is 13.1 Å². The van der Waals surface area contributed by atoms with Gasteiger partial charge in [0, 0.05) is 5.39 Å². The van der Waals surface area contributed by atoms with E-state index in [1.807, 2.05) is 18.2 Å². The summed E-state index contributed by atoms with van der Waals surface area (Å²) in [5.41, 5.74) is 0.950. The van der Waals surface area contributed by atoms with Gasteiger partial charge in [-0.15, -0.1) is 9.24 Å². The van der Waals surface area contributed by atoms with E-state index in [0.717, 1.165) is 11.0 Å². The van der Waals surface area contributed by atoms with Gasteiger partial charge < -0.3 is 4.42 Å². The minimum absolute atomic E-state index is 0.950. The Hall–Kier alpha value is -0.810. The van der Waals surface area contributed by atoms with Crippen molar-refractivity contribution in [2.75, 3.05) is 0 Å². The second-order valence-electron chi connectivity index (χ2n) is 2.22. The molecule has 50 valence electrons. The molecule has 0 fully saturated rings. The zero-order valence-corrected chi connectivity index (χ0v) is 6.53. The predicted molar refractivity (Wildman–Crippen MR) is 45.6 cm³/mol. The van der Waals surface area contributed by atoms with Crippen molar-refractivity contribution in [1.29, 1.82) is 0 Å². The lowest BCUT2D eigenvalue weighted by Gasteiger charge is -1.88. The first-order valence-electron chi connectivity index (χ1n) is 3.09. The van der Waals surface area contributed by atoms with Gasteiger partial charge in [-0.2, -0.15) is 0 Å². The van der Waals surface area contributed by atoms with Crippen LogP contribution in [0.4, 0.5) is 0 Å². The molecule has 1 aromatic carbocycles. The summed E-state index contributed by atoms with van der Waals surface area (Å²) < 4.78 is 5.16. The molecule has 0 amide bonds. The third kappa shape index (κ3) is 0.833. The van der Waals surface area contributed by atoms with E-state index in [4.69, 9.17) is 4.42 Å². The van der Waals surface area contributed by atoms with Crippen molar-refractivity contribution in [3.8, 4) is 0 Å². The molecule has 1 atom stereocenters. The zero-order valence-electron chi connectivity index (χ0n) is 5.37. The molecular weight excluding hydrogens is 143 g/mol.